The van der Waals surface area contributed by atoms with Crippen LogP contribution in [0.5, 0.6) is 0 Å². The van der Waals surface area contributed by atoms with Crippen LogP contribution in [-0.4, -0.2) is 118 Å². The summed E-state index contributed by atoms with van der Waals surface area (Å²) in [6.07, 6.45) is -2.14. The Morgan fingerprint density at radius 1 is 0.559 bits per heavy atom. The fraction of sp³-hybridized carbons (Fsp3) is 0.222. The number of hydrogen-bond donors (Lipinski definition) is 2. The third-order valence-corrected chi connectivity index (χ3v) is 15.2. The van der Waals surface area contributed by atoms with E-state index in [9.17, 15) is 41.1 Å². The number of benzene rings is 5. The number of ether oxygens (including phenoxy) is 1. The first-order chi connectivity index (χ1) is 45.3. The number of aromatic nitrogens is 10. The van der Waals surface area contributed by atoms with Crippen molar-refractivity contribution in [2.45, 2.75) is 61.3 Å². The molecule has 0 bridgehead atoms. The number of aromatic carboxylic acids is 1. The van der Waals surface area contributed by atoms with E-state index >= 15 is 0 Å². The van der Waals surface area contributed by atoms with Gasteiger partial charge >= 0.3 is 11.9 Å². The standard InChI is InChI=1S/C13H13BrFN3O2.C13H12BrFN2O2.C13H14BrFN2.C11H8BrFN2O2.C11H8BrFN2O.C2H7NO/c1-8-7-11(13(19)17(2)20-3)18(16-8)10-6-4-5-9(14)12(10)15;1-3-19-13(18)11-7-8(2)16-17(11)10-6-4-5-9(14)12(10)15;1-3-5-10-8-9(2)16-17(10)12-7-4-6-11(14)13(12)15;1-6-5-9(11(16)17)15(14-6)8-4-2-3-7(12)10(8)13;1-7-5-8(6-16)15(14-7)10-4-2-3-9(12)11(10)13;1-3-4-2/h4-7H,1-3H3;4-7H,3H2,1-2H3;4,6-8H,3,5H2,1-2H3;2-5H,1H3,(H,16,17);2-6H,1H3;3H,1-2H3/i;;5D2;;6D;. The molecule has 93 heavy (non-hydrogen) atoms. The van der Waals surface area contributed by atoms with Gasteiger partial charge in [0, 0.05) is 22.5 Å². The Morgan fingerprint density at radius 2 is 0.882 bits per heavy atom. The van der Waals surface area contributed by atoms with Gasteiger partial charge in [0.1, 0.15) is 41.2 Å². The number of carboxylic acids is 1. The number of nitrogens with zero attached hydrogens (tertiary/aromatic N) is 11. The molecule has 492 valence electrons. The summed E-state index contributed by atoms with van der Waals surface area (Å²) in [5.74, 6) is -4.55. The number of carbonyl (C=O) groups excluding carboxylic acids is 3. The second-order valence-electron chi connectivity index (χ2n) is 18.8. The zero-order valence-electron chi connectivity index (χ0n) is 54.5. The Kier molecular flexibility index (Phi) is 27.5. The maximum absolute atomic E-state index is 14.2. The molecule has 0 unspecified atom stereocenters. The predicted octanol–water partition coefficient (Wildman–Crippen LogP) is 15.5. The first-order valence-corrected chi connectivity index (χ1v) is 31.2. The summed E-state index contributed by atoms with van der Waals surface area (Å²) in [6.45, 7) is 12.3. The number of hydroxylamine groups is 3. The predicted molar refractivity (Wildman–Crippen MR) is 357 cm³/mol. The van der Waals surface area contributed by atoms with Gasteiger partial charge < -0.3 is 14.7 Å². The first kappa shape index (κ1) is 71.0. The van der Waals surface area contributed by atoms with Crippen LogP contribution in [0.3, 0.4) is 0 Å². The maximum atomic E-state index is 14.2. The number of rotatable bonds is 14. The van der Waals surface area contributed by atoms with Gasteiger partial charge in [-0.3, -0.25) is 14.4 Å². The average molecular weight is 1610 g/mol. The third kappa shape index (κ3) is 19.9. The SMILES string of the molecule is CCOC(=O)c1cc(C)nn1-c1cccc(Br)c1F.CNOC.CON(C)C(=O)c1cc(C)nn1-c1cccc(Br)c1F.Cc1cc(C(=O)O)n(-c2cccc(Br)c2F)n1.[2H]C(=O)c1cc(C)nn1-c1cccc(Br)c1F.[2H]C([2H])(CC)c1cc(C)nn1-c1cccc(Br)c1F. The van der Waals surface area contributed by atoms with Gasteiger partial charge in [-0.05, 0) is 219 Å². The number of aldehydes is 1. The van der Waals surface area contributed by atoms with Gasteiger partial charge in [0.2, 0.25) is 0 Å². The highest BCUT2D eigenvalue weighted by Gasteiger charge is 2.24. The Morgan fingerprint density at radius 3 is 1.25 bits per heavy atom. The molecule has 5 aromatic carbocycles. The van der Waals surface area contributed by atoms with E-state index in [4.69, 9.17) is 18.8 Å². The van der Waals surface area contributed by atoms with E-state index in [1.807, 2.05) is 0 Å². The first-order valence-electron chi connectivity index (χ1n) is 28.8. The molecule has 10 aromatic rings. The molecule has 1 amide bonds. The van der Waals surface area contributed by atoms with Crippen LogP contribution >= 0.6 is 79.6 Å². The minimum Gasteiger partial charge on any atom is -0.477 e. The van der Waals surface area contributed by atoms with Gasteiger partial charge in [0.25, 0.3) is 5.91 Å². The molecule has 2 N–H and O–H groups in total. The zero-order chi connectivity index (χ0) is 71.6. The van der Waals surface area contributed by atoms with Crippen LogP contribution in [0.25, 0.3) is 28.4 Å². The molecular formula is C63H62Br5F5N12O8. The van der Waals surface area contributed by atoms with Crippen molar-refractivity contribution in [3.63, 3.8) is 0 Å². The smallest absolute Gasteiger partial charge is 0.357 e. The number of esters is 1. The van der Waals surface area contributed by atoms with Crippen molar-refractivity contribution in [2.75, 3.05) is 34.9 Å². The second kappa shape index (κ2) is 36.0. The minimum absolute atomic E-state index is 0.0412. The lowest BCUT2D eigenvalue weighted by Crippen LogP contribution is -2.27. The molecule has 0 saturated carbocycles. The molecule has 0 aliphatic carbocycles. The number of aryl methyl sites for hydroxylation is 6. The van der Waals surface area contributed by atoms with E-state index in [1.165, 1.54) is 58.5 Å². The molecule has 30 heteroatoms. The van der Waals surface area contributed by atoms with Crippen LogP contribution in [0.4, 0.5) is 22.0 Å². The highest BCUT2D eigenvalue weighted by molar-refractivity contribution is 9.11. The zero-order valence-corrected chi connectivity index (χ0v) is 59.4. The van der Waals surface area contributed by atoms with E-state index in [-0.39, 0.29) is 66.8 Å². The van der Waals surface area contributed by atoms with E-state index in [0.29, 0.717) is 54.0 Å². The Labute approximate surface area is 578 Å². The van der Waals surface area contributed by atoms with Crippen molar-refractivity contribution in [1.29, 1.82) is 0 Å². The highest BCUT2D eigenvalue weighted by Crippen LogP contribution is 2.28. The van der Waals surface area contributed by atoms with Crippen LogP contribution in [0.1, 0.15) is 100 Å². The van der Waals surface area contributed by atoms with Crippen LogP contribution in [-0.2, 0) is 20.8 Å². The quantitative estimate of drug-likeness (QED) is 0.0448. The highest BCUT2D eigenvalue weighted by atomic mass is 79.9. The molecule has 10 rings (SSSR count). The molecule has 0 saturated heterocycles. The molecule has 5 aromatic heterocycles. The fourth-order valence-corrected chi connectivity index (χ4v) is 9.75. The van der Waals surface area contributed by atoms with Crippen molar-refractivity contribution in [3.8, 4) is 28.4 Å². The lowest BCUT2D eigenvalue weighted by molar-refractivity contribution is -0.0762. The number of nitrogens with one attached hydrogen (secondary N) is 1. The Hall–Kier alpha value is -7.84. The van der Waals surface area contributed by atoms with Gasteiger partial charge in [-0.15, -0.1) is 0 Å². The average Bonchev–Trinajstić information content (AvgIpc) is 1.61. The summed E-state index contributed by atoms with van der Waals surface area (Å²) in [4.78, 5) is 55.3. The number of carbonyl (C=O) groups is 4. The summed E-state index contributed by atoms with van der Waals surface area (Å²) >= 11 is 15.5. The van der Waals surface area contributed by atoms with Gasteiger partial charge in [-0.1, -0.05) is 43.7 Å². The number of hydrogen-bond acceptors (Lipinski definition) is 13. The van der Waals surface area contributed by atoms with E-state index in [0.717, 1.165) is 14.4 Å². The van der Waals surface area contributed by atoms with Gasteiger partial charge in [0.05, 0.1) is 71.7 Å². The summed E-state index contributed by atoms with van der Waals surface area (Å²) < 4.78 is 106. The second-order valence-corrected chi connectivity index (χ2v) is 23.1. The topological polar surface area (TPSA) is 221 Å². The van der Waals surface area contributed by atoms with Crippen molar-refractivity contribution in [2.24, 2.45) is 0 Å². The largest absolute Gasteiger partial charge is 0.477 e. The normalized spacial score (nSPS) is 11.1. The Bertz CT molecular complexity index is 4290. The molecular weight excluding hydrogens is 1550 g/mol. The number of halogens is 10. The van der Waals surface area contributed by atoms with Gasteiger partial charge in [0.15, 0.2) is 46.7 Å². The molecule has 0 radical (unpaired) electrons. The van der Waals surface area contributed by atoms with Gasteiger partial charge in [-0.25, -0.2) is 65.5 Å². The fourth-order valence-electron chi connectivity index (χ4n) is 7.97. The maximum Gasteiger partial charge on any atom is 0.357 e. The van der Waals surface area contributed by atoms with Crippen molar-refractivity contribution < 1.29 is 64.8 Å². The minimum atomic E-state index is -1.55. The molecule has 0 aliphatic rings. The van der Waals surface area contributed by atoms with E-state index < -0.39 is 59.6 Å². The van der Waals surface area contributed by atoms with Crippen LogP contribution < -0.4 is 5.48 Å². The molecule has 0 spiro atoms. The van der Waals surface area contributed by atoms with Crippen LogP contribution in [0.15, 0.2) is 144 Å². The van der Waals surface area contributed by atoms with Gasteiger partial charge in [-0.2, -0.15) is 25.5 Å². The van der Waals surface area contributed by atoms with Crippen LogP contribution in [0.2, 0.25) is 0 Å². The van der Waals surface area contributed by atoms with Crippen molar-refractivity contribution in [3.05, 3.63) is 230 Å². The molecule has 20 nitrogen and oxygen atoms in total. The summed E-state index contributed by atoms with van der Waals surface area (Å²) in [6, 6.07) is 31.5. The molecule has 0 fully saturated rings. The van der Waals surface area contributed by atoms with Crippen molar-refractivity contribution >= 4 is 104 Å². The lowest BCUT2D eigenvalue weighted by atomic mass is 10.2. The summed E-state index contributed by atoms with van der Waals surface area (Å²) in [5, 5.41) is 30.6. The number of carboxylic acid groups (broad SMARTS) is 1. The number of amides is 1. The summed E-state index contributed by atoms with van der Waals surface area (Å²) in [7, 11) is 6.14. The van der Waals surface area contributed by atoms with E-state index in [1.54, 1.807) is 154 Å². The Balaban J connectivity index is 0.000000214. The summed E-state index contributed by atoms with van der Waals surface area (Å²) in [5.41, 5.74) is 7.03. The molecule has 5 heterocycles. The third-order valence-electron chi connectivity index (χ3n) is 12.1. The monoisotopic (exact) mass is 1610 g/mol. The van der Waals surface area contributed by atoms with Crippen LogP contribution in [0, 0.1) is 63.7 Å². The molecule has 0 atom stereocenters. The van der Waals surface area contributed by atoms with Crippen molar-refractivity contribution in [1.82, 2.24) is 59.4 Å². The van der Waals surface area contributed by atoms with E-state index in [2.05, 4.69) is 115 Å². The lowest BCUT2D eigenvalue weighted by Gasteiger charge is -2.15. The molecule has 0 aliphatic heterocycles.